The van der Waals surface area contributed by atoms with Crippen LogP contribution < -0.4 is 14.9 Å². The molecule has 28 heavy (non-hydrogen) atoms. The third-order valence-corrected chi connectivity index (χ3v) is 4.57. The molecule has 0 aliphatic rings. The number of benzene rings is 1. The maximum atomic E-state index is 5.86. The van der Waals surface area contributed by atoms with Crippen LogP contribution in [-0.4, -0.2) is 27.0 Å². The van der Waals surface area contributed by atoms with Crippen LogP contribution in [0.5, 0.6) is 11.5 Å². The van der Waals surface area contributed by atoms with E-state index in [1.807, 2.05) is 28.9 Å². The minimum Gasteiger partial charge on any atom is -0.493 e. The Morgan fingerprint density at radius 2 is 2.04 bits per heavy atom. The summed E-state index contributed by atoms with van der Waals surface area (Å²) in [5.41, 5.74) is 5.25. The van der Waals surface area contributed by atoms with E-state index in [1.165, 1.54) is 0 Å². The molecule has 0 fully saturated rings. The monoisotopic (exact) mass is 419 g/mol. The smallest absolute Gasteiger partial charge is 0.214 e. The third-order valence-electron chi connectivity index (χ3n) is 4.07. The summed E-state index contributed by atoms with van der Waals surface area (Å²) in [7, 11) is 1.62. The molecule has 0 saturated heterocycles. The molecule has 9 heteroatoms. The summed E-state index contributed by atoms with van der Waals surface area (Å²) in [5.74, 6) is 2.20. The number of aryl methyl sites for hydroxylation is 1. The van der Waals surface area contributed by atoms with Crippen LogP contribution in [0.4, 0.5) is 0 Å². The third kappa shape index (κ3) is 5.02. The summed E-state index contributed by atoms with van der Waals surface area (Å²) in [6.45, 7) is 3.05. The predicted molar refractivity (Wildman–Crippen MR) is 111 cm³/mol. The van der Waals surface area contributed by atoms with Gasteiger partial charge in [0.25, 0.3) is 0 Å². The summed E-state index contributed by atoms with van der Waals surface area (Å²) in [5, 5.41) is 7.53. The number of pyridine rings is 1. The highest BCUT2D eigenvalue weighted by molar-refractivity contribution is 7.71. The lowest BCUT2D eigenvalue weighted by molar-refractivity contribution is 0.284. The Kier molecular flexibility index (Phi) is 6.89. The Morgan fingerprint density at radius 1 is 1.21 bits per heavy atom. The fourth-order valence-electron chi connectivity index (χ4n) is 2.65. The van der Waals surface area contributed by atoms with Gasteiger partial charge in [-0.05, 0) is 42.4 Å². The zero-order chi connectivity index (χ0) is 19.9. The van der Waals surface area contributed by atoms with E-state index in [-0.39, 0.29) is 0 Å². The van der Waals surface area contributed by atoms with Gasteiger partial charge in [-0.15, -0.1) is 0 Å². The van der Waals surface area contributed by atoms with Crippen molar-refractivity contribution >= 4 is 23.8 Å². The zero-order valence-electron chi connectivity index (χ0n) is 15.7. The molecular formula is C19H22ClN5O2S. The molecular weight excluding hydrogens is 398 g/mol. The molecule has 0 radical (unpaired) electrons. The summed E-state index contributed by atoms with van der Waals surface area (Å²) < 4.78 is 13.7. The van der Waals surface area contributed by atoms with Crippen molar-refractivity contribution in [1.29, 1.82) is 0 Å². The van der Waals surface area contributed by atoms with Crippen molar-refractivity contribution in [2.75, 3.05) is 12.5 Å². The molecule has 0 amide bonds. The Morgan fingerprint density at radius 3 is 2.75 bits per heavy atom. The summed E-state index contributed by atoms with van der Waals surface area (Å²) >= 11 is 11.1. The Labute approximate surface area is 173 Å². The molecule has 2 aromatic heterocycles. The Bertz CT molecular complexity index is 971. The van der Waals surface area contributed by atoms with Gasteiger partial charge in [0.15, 0.2) is 17.3 Å². The van der Waals surface area contributed by atoms with E-state index in [1.54, 1.807) is 19.4 Å². The van der Waals surface area contributed by atoms with Crippen molar-refractivity contribution < 1.29 is 9.47 Å². The van der Waals surface area contributed by atoms with E-state index in [0.29, 0.717) is 34.6 Å². The normalized spacial score (nSPS) is 10.7. The minimum atomic E-state index is 0.378. The van der Waals surface area contributed by atoms with Crippen LogP contribution in [0, 0.1) is 4.77 Å². The number of hydrogen-bond acceptors (Lipinski definition) is 6. The maximum absolute atomic E-state index is 5.86. The topological polar surface area (TPSA) is 77.0 Å². The molecule has 0 atom stereocenters. The molecule has 2 heterocycles. The highest BCUT2D eigenvalue weighted by Gasteiger charge is 2.09. The predicted octanol–water partition coefficient (Wildman–Crippen LogP) is 4.27. The van der Waals surface area contributed by atoms with Crippen molar-refractivity contribution in [2.45, 2.75) is 32.9 Å². The zero-order valence-corrected chi connectivity index (χ0v) is 17.3. The van der Waals surface area contributed by atoms with E-state index < -0.39 is 0 Å². The lowest BCUT2D eigenvalue weighted by Gasteiger charge is -2.14. The van der Waals surface area contributed by atoms with Crippen molar-refractivity contribution in [3.05, 3.63) is 63.4 Å². The van der Waals surface area contributed by atoms with Crippen LogP contribution >= 0.6 is 23.8 Å². The van der Waals surface area contributed by atoms with Gasteiger partial charge in [-0.2, -0.15) is 5.10 Å². The van der Waals surface area contributed by atoms with Gasteiger partial charge in [-0.3, -0.25) is 5.10 Å². The quantitative estimate of drug-likeness (QED) is 0.398. The van der Waals surface area contributed by atoms with E-state index in [4.69, 9.17) is 33.3 Å². The Balaban J connectivity index is 1.66. The van der Waals surface area contributed by atoms with Crippen LogP contribution in [0.15, 0.2) is 36.5 Å². The number of H-pyrrole nitrogens is 1. The molecule has 0 spiro atoms. The van der Waals surface area contributed by atoms with Crippen LogP contribution in [-0.2, 0) is 19.6 Å². The first-order valence-corrected chi connectivity index (χ1v) is 9.69. The first kappa shape index (κ1) is 20.2. The second-order valence-electron chi connectivity index (χ2n) is 6.13. The van der Waals surface area contributed by atoms with E-state index in [2.05, 4.69) is 27.5 Å². The second-order valence-corrected chi connectivity index (χ2v) is 6.90. The molecule has 0 unspecified atom stereocenters. The van der Waals surface area contributed by atoms with Crippen LogP contribution in [0.25, 0.3) is 0 Å². The highest BCUT2D eigenvalue weighted by atomic mass is 35.5. The number of aromatic nitrogens is 4. The van der Waals surface area contributed by atoms with Gasteiger partial charge < -0.3 is 14.9 Å². The van der Waals surface area contributed by atoms with Gasteiger partial charge in [0, 0.05) is 18.2 Å². The number of methoxy groups -OCH3 is 1. The number of hydrogen-bond donors (Lipinski definition) is 2. The lowest BCUT2D eigenvalue weighted by Crippen LogP contribution is -2.17. The van der Waals surface area contributed by atoms with Gasteiger partial charge in [-0.1, -0.05) is 30.7 Å². The SMILES string of the molecule is CCCc1n[nH]c(=S)n1NCc1ccc(OCc2ccc(Cl)nc2)c(OC)c1. The number of aromatic amines is 1. The number of nitrogens with one attached hydrogen (secondary N) is 2. The standard InChI is InChI=1S/C19H22ClN5O2S/c1-3-4-18-23-24-19(28)25(18)22-11-13-5-7-15(16(9-13)26-2)27-12-14-6-8-17(20)21-10-14/h5-10,22H,3-4,11-12H2,1-2H3,(H,24,28). The van der Waals surface area contributed by atoms with Crippen molar-refractivity contribution in [1.82, 2.24) is 19.9 Å². The molecule has 0 aliphatic carbocycles. The molecule has 0 saturated carbocycles. The highest BCUT2D eigenvalue weighted by Crippen LogP contribution is 2.29. The summed E-state index contributed by atoms with van der Waals surface area (Å²) in [4.78, 5) is 4.05. The molecule has 0 bridgehead atoms. The number of ether oxygens (including phenoxy) is 2. The second kappa shape index (κ2) is 9.57. The summed E-state index contributed by atoms with van der Waals surface area (Å²) in [6, 6.07) is 9.42. The van der Waals surface area contributed by atoms with Crippen molar-refractivity contribution in [2.24, 2.45) is 0 Å². The first-order valence-electron chi connectivity index (χ1n) is 8.91. The molecule has 2 N–H and O–H groups in total. The average molecular weight is 420 g/mol. The Hall–Kier alpha value is -2.58. The minimum absolute atomic E-state index is 0.378. The van der Waals surface area contributed by atoms with E-state index in [9.17, 15) is 0 Å². The van der Waals surface area contributed by atoms with Crippen molar-refractivity contribution in [3.8, 4) is 11.5 Å². The van der Waals surface area contributed by atoms with Gasteiger partial charge in [-0.25, -0.2) is 9.66 Å². The van der Waals surface area contributed by atoms with Gasteiger partial charge in [0.1, 0.15) is 11.8 Å². The van der Waals surface area contributed by atoms with Crippen LogP contribution in [0.3, 0.4) is 0 Å². The maximum Gasteiger partial charge on any atom is 0.214 e. The fourth-order valence-corrected chi connectivity index (χ4v) is 2.98. The molecule has 148 valence electrons. The largest absolute Gasteiger partial charge is 0.493 e. The van der Waals surface area contributed by atoms with E-state index >= 15 is 0 Å². The van der Waals surface area contributed by atoms with Gasteiger partial charge in [0.2, 0.25) is 4.77 Å². The van der Waals surface area contributed by atoms with Crippen LogP contribution in [0.2, 0.25) is 5.15 Å². The molecule has 3 aromatic rings. The first-order chi connectivity index (χ1) is 13.6. The number of halogens is 1. The van der Waals surface area contributed by atoms with Gasteiger partial charge in [0.05, 0.1) is 13.7 Å². The molecule has 0 aliphatic heterocycles. The van der Waals surface area contributed by atoms with Crippen molar-refractivity contribution in [3.63, 3.8) is 0 Å². The summed E-state index contributed by atoms with van der Waals surface area (Å²) in [6.07, 6.45) is 3.52. The molecule has 3 rings (SSSR count). The number of rotatable bonds is 9. The molecule has 1 aromatic carbocycles. The van der Waals surface area contributed by atoms with E-state index in [0.717, 1.165) is 29.8 Å². The number of nitrogens with zero attached hydrogens (tertiary/aromatic N) is 3. The lowest BCUT2D eigenvalue weighted by atomic mass is 10.2. The molecule has 7 nitrogen and oxygen atoms in total. The van der Waals surface area contributed by atoms with Gasteiger partial charge >= 0.3 is 0 Å². The van der Waals surface area contributed by atoms with Crippen LogP contribution in [0.1, 0.15) is 30.3 Å². The average Bonchev–Trinajstić information content (AvgIpc) is 3.06. The fraction of sp³-hybridized carbons (Fsp3) is 0.316.